The molecule has 1 aromatic rings. The highest BCUT2D eigenvalue weighted by atomic mass is 16.6. The molecule has 2 aliphatic carbocycles. The van der Waals surface area contributed by atoms with Crippen LogP contribution >= 0.6 is 0 Å². The zero-order valence-corrected chi connectivity index (χ0v) is 15.7. The first-order chi connectivity index (χ1) is 13.1. The first-order valence-corrected chi connectivity index (χ1v) is 9.78. The smallest absolute Gasteiger partial charge is 0.332 e. The number of hydrogen-bond donors (Lipinski definition) is 2. The number of rotatable bonds is 7. The number of aliphatic carboxylic acids is 1. The van der Waals surface area contributed by atoms with E-state index in [0.717, 1.165) is 44.1 Å². The summed E-state index contributed by atoms with van der Waals surface area (Å²) < 4.78 is 10.6. The maximum absolute atomic E-state index is 11.4. The van der Waals surface area contributed by atoms with Crippen LogP contribution in [0.4, 0.5) is 0 Å². The summed E-state index contributed by atoms with van der Waals surface area (Å²) in [7, 11) is 0. The third-order valence-corrected chi connectivity index (χ3v) is 5.03. The second-order valence-corrected chi connectivity index (χ2v) is 7.20. The summed E-state index contributed by atoms with van der Waals surface area (Å²) in [6.45, 7) is 0.506. The highest BCUT2D eigenvalue weighted by molar-refractivity contribution is 5.72. The molecule has 1 aromatic carbocycles. The Morgan fingerprint density at radius 3 is 2.19 bits per heavy atom. The van der Waals surface area contributed by atoms with E-state index in [4.69, 9.17) is 19.7 Å². The molecule has 0 heterocycles. The first kappa shape index (κ1) is 21.4. The Labute approximate surface area is 160 Å². The van der Waals surface area contributed by atoms with Crippen LogP contribution < -0.4 is 0 Å². The third-order valence-electron chi connectivity index (χ3n) is 5.03. The number of carbonyl (C=O) groups is 2. The van der Waals surface area contributed by atoms with Gasteiger partial charge in [-0.3, -0.25) is 0 Å². The van der Waals surface area contributed by atoms with Crippen molar-refractivity contribution < 1.29 is 29.3 Å². The number of carbonyl (C=O) groups excluding carboxylic acids is 1. The van der Waals surface area contributed by atoms with Crippen molar-refractivity contribution in [1.29, 1.82) is 0 Å². The molecular formula is C21H30O6. The lowest BCUT2D eigenvalue weighted by atomic mass is 10.0. The zero-order chi connectivity index (χ0) is 19.5. The number of carboxylic acids is 1. The maximum atomic E-state index is 11.4. The zero-order valence-electron chi connectivity index (χ0n) is 15.7. The van der Waals surface area contributed by atoms with Crippen molar-refractivity contribution >= 4 is 11.9 Å². The van der Waals surface area contributed by atoms with Crippen LogP contribution in [0.2, 0.25) is 0 Å². The number of aliphatic hydroxyl groups excluding tert-OH is 1. The van der Waals surface area contributed by atoms with Crippen molar-refractivity contribution in [2.75, 3.05) is 6.61 Å². The van der Waals surface area contributed by atoms with E-state index in [1.54, 1.807) is 0 Å². The van der Waals surface area contributed by atoms with Gasteiger partial charge in [0.25, 0.3) is 0 Å². The number of carboxylic acid groups (broad SMARTS) is 1. The van der Waals surface area contributed by atoms with E-state index in [-0.39, 0.29) is 24.6 Å². The average Bonchev–Trinajstić information content (AvgIpc) is 3.36. The largest absolute Gasteiger partial charge is 0.479 e. The Hall–Kier alpha value is -1.92. The van der Waals surface area contributed by atoms with Gasteiger partial charge in [-0.15, -0.1) is 0 Å². The predicted octanol–water partition coefficient (Wildman–Crippen LogP) is 3.31. The van der Waals surface area contributed by atoms with Gasteiger partial charge in [-0.25, -0.2) is 9.59 Å². The third kappa shape index (κ3) is 8.10. The molecule has 0 bridgehead atoms. The minimum atomic E-state index is -1.12. The van der Waals surface area contributed by atoms with Gasteiger partial charge in [0.2, 0.25) is 0 Å². The predicted molar refractivity (Wildman–Crippen MR) is 100 cm³/mol. The molecule has 0 saturated heterocycles. The Balaban J connectivity index is 0.000000223. The van der Waals surface area contributed by atoms with E-state index < -0.39 is 12.1 Å². The molecule has 1 atom stereocenters. The highest BCUT2D eigenvalue weighted by Crippen LogP contribution is 2.27. The molecular weight excluding hydrogens is 348 g/mol. The SMILES string of the molecule is O=C(COCc1ccccc1)OC1CCCC1.O=C(O)C(O)C1CCCC1. The van der Waals surface area contributed by atoms with E-state index in [0.29, 0.717) is 6.61 Å². The molecule has 0 radical (unpaired) electrons. The van der Waals surface area contributed by atoms with Gasteiger partial charge in [-0.1, -0.05) is 43.2 Å². The lowest BCUT2D eigenvalue weighted by molar-refractivity contribution is -0.154. The Bertz CT molecular complexity index is 561. The Morgan fingerprint density at radius 2 is 1.59 bits per heavy atom. The number of aliphatic hydroxyl groups is 1. The second kappa shape index (κ2) is 11.7. The standard InChI is InChI=1S/C14H18O3.C7H12O3/c15-14(17-13-8-4-5-9-13)11-16-10-12-6-2-1-3-7-12;8-6(7(9)10)5-3-1-2-4-5/h1-3,6-7,13H,4-5,8-11H2;5-6,8H,1-4H2,(H,9,10). The summed E-state index contributed by atoms with van der Waals surface area (Å²) in [4.78, 5) is 21.7. The van der Waals surface area contributed by atoms with Crippen molar-refractivity contribution in [2.24, 2.45) is 5.92 Å². The molecule has 0 aliphatic heterocycles. The number of esters is 1. The summed E-state index contributed by atoms with van der Waals surface area (Å²) >= 11 is 0. The molecule has 0 amide bonds. The first-order valence-electron chi connectivity index (χ1n) is 9.78. The van der Waals surface area contributed by atoms with Crippen molar-refractivity contribution in [3.63, 3.8) is 0 Å². The van der Waals surface area contributed by atoms with Crippen LogP contribution in [0.3, 0.4) is 0 Å². The van der Waals surface area contributed by atoms with Crippen LogP contribution in [0.1, 0.15) is 56.9 Å². The lowest BCUT2D eigenvalue weighted by Gasteiger charge is -2.11. The molecule has 0 spiro atoms. The molecule has 6 nitrogen and oxygen atoms in total. The number of ether oxygens (including phenoxy) is 2. The Morgan fingerprint density at radius 1 is 1.00 bits per heavy atom. The van der Waals surface area contributed by atoms with Gasteiger partial charge in [0, 0.05) is 0 Å². The fraction of sp³-hybridized carbons (Fsp3) is 0.619. The number of hydrogen-bond acceptors (Lipinski definition) is 5. The van der Waals surface area contributed by atoms with Gasteiger partial charge in [0.15, 0.2) is 6.10 Å². The fourth-order valence-corrected chi connectivity index (χ4v) is 3.53. The van der Waals surface area contributed by atoms with Gasteiger partial charge in [-0.2, -0.15) is 0 Å². The van der Waals surface area contributed by atoms with Gasteiger partial charge in [0.05, 0.1) is 6.61 Å². The topological polar surface area (TPSA) is 93.1 Å². The van der Waals surface area contributed by atoms with Gasteiger partial charge in [0.1, 0.15) is 12.7 Å². The van der Waals surface area contributed by atoms with Crippen LogP contribution in [0.25, 0.3) is 0 Å². The molecule has 150 valence electrons. The molecule has 2 N–H and O–H groups in total. The molecule has 6 heteroatoms. The Kier molecular flexibility index (Phi) is 9.28. The van der Waals surface area contributed by atoms with Crippen LogP contribution in [0.5, 0.6) is 0 Å². The summed E-state index contributed by atoms with van der Waals surface area (Å²) in [5.74, 6) is -1.31. The summed E-state index contributed by atoms with van der Waals surface area (Å²) in [5.41, 5.74) is 1.07. The molecule has 3 rings (SSSR count). The second-order valence-electron chi connectivity index (χ2n) is 7.20. The lowest BCUT2D eigenvalue weighted by Crippen LogP contribution is -2.27. The molecule has 2 fully saturated rings. The van der Waals surface area contributed by atoms with Crippen LogP contribution in [-0.4, -0.2) is 41.0 Å². The maximum Gasteiger partial charge on any atom is 0.332 e. The fourth-order valence-electron chi connectivity index (χ4n) is 3.53. The van der Waals surface area contributed by atoms with Gasteiger partial charge in [-0.05, 0) is 50.0 Å². The van der Waals surface area contributed by atoms with E-state index in [1.165, 1.54) is 12.8 Å². The quantitative estimate of drug-likeness (QED) is 0.707. The highest BCUT2D eigenvalue weighted by Gasteiger charge is 2.27. The van der Waals surface area contributed by atoms with Crippen LogP contribution in [-0.2, 0) is 25.7 Å². The molecule has 0 aromatic heterocycles. The molecule has 2 saturated carbocycles. The van der Waals surface area contributed by atoms with E-state index in [9.17, 15) is 9.59 Å². The van der Waals surface area contributed by atoms with E-state index >= 15 is 0 Å². The monoisotopic (exact) mass is 378 g/mol. The van der Waals surface area contributed by atoms with E-state index in [1.807, 2.05) is 30.3 Å². The van der Waals surface area contributed by atoms with E-state index in [2.05, 4.69) is 0 Å². The molecule has 2 aliphatic rings. The summed E-state index contributed by atoms with van der Waals surface area (Å²) in [5, 5.41) is 17.4. The van der Waals surface area contributed by atoms with Gasteiger partial charge < -0.3 is 19.7 Å². The molecule has 1 unspecified atom stereocenters. The van der Waals surface area contributed by atoms with Crippen LogP contribution in [0, 0.1) is 5.92 Å². The number of benzene rings is 1. The van der Waals surface area contributed by atoms with Crippen molar-refractivity contribution in [3.8, 4) is 0 Å². The minimum Gasteiger partial charge on any atom is -0.479 e. The van der Waals surface area contributed by atoms with Crippen molar-refractivity contribution in [3.05, 3.63) is 35.9 Å². The van der Waals surface area contributed by atoms with Gasteiger partial charge >= 0.3 is 11.9 Å². The average molecular weight is 378 g/mol. The molecule has 27 heavy (non-hydrogen) atoms. The summed E-state index contributed by atoms with van der Waals surface area (Å²) in [6, 6.07) is 9.81. The minimum absolute atomic E-state index is 0.0116. The van der Waals surface area contributed by atoms with Crippen molar-refractivity contribution in [2.45, 2.75) is 70.2 Å². The normalized spacial score (nSPS) is 18.6. The summed E-state index contributed by atoms with van der Waals surface area (Å²) in [6.07, 6.45) is 7.22. The van der Waals surface area contributed by atoms with Crippen molar-refractivity contribution in [1.82, 2.24) is 0 Å². The van der Waals surface area contributed by atoms with Crippen LogP contribution in [0.15, 0.2) is 30.3 Å².